The third-order valence-corrected chi connectivity index (χ3v) is 3.83. The van der Waals surface area contributed by atoms with Gasteiger partial charge in [0, 0.05) is 7.05 Å². The van der Waals surface area contributed by atoms with Gasteiger partial charge in [-0.1, -0.05) is 5.21 Å². The molecule has 0 saturated heterocycles. The maximum absolute atomic E-state index is 12.6. The third-order valence-electron chi connectivity index (χ3n) is 3.83. The highest BCUT2D eigenvalue weighted by Gasteiger charge is 2.42. The molecule has 0 amide bonds. The second kappa shape index (κ2) is 4.87. The number of halogens is 3. The first-order valence-electron chi connectivity index (χ1n) is 6.06. The first-order valence-corrected chi connectivity index (χ1v) is 6.06. The van der Waals surface area contributed by atoms with Gasteiger partial charge < -0.3 is 5.73 Å². The number of hydrogen-bond acceptors (Lipinski definition) is 3. The molecule has 1 heterocycles. The van der Waals surface area contributed by atoms with Crippen molar-refractivity contribution < 1.29 is 13.2 Å². The summed E-state index contributed by atoms with van der Waals surface area (Å²) in [6.45, 7) is 0. The van der Waals surface area contributed by atoms with Crippen LogP contribution in [0.15, 0.2) is 6.20 Å². The predicted octanol–water partition coefficient (Wildman–Crippen LogP) is 2.18. The van der Waals surface area contributed by atoms with E-state index in [1.807, 2.05) is 0 Å². The van der Waals surface area contributed by atoms with E-state index in [2.05, 4.69) is 10.3 Å². The lowest BCUT2D eigenvalue weighted by molar-refractivity contribution is -0.184. The van der Waals surface area contributed by atoms with Crippen LogP contribution in [0, 0.1) is 11.8 Å². The number of alkyl halides is 3. The number of aromatic nitrogens is 3. The molecule has 0 aliphatic heterocycles. The van der Waals surface area contributed by atoms with Crippen molar-refractivity contribution in [1.29, 1.82) is 0 Å². The van der Waals surface area contributed by atoms with Crippen molar-refractivity contribution in [3.63, 3.8) is 0 Å². The smallest absolute Gasteiger partial charge is 0.322 e. The van der Waals surface area contributed by atoms with Crippen LogP contribution >= 0.6 is 0 Å². The summed E-state index contributed by atoms with van der Waals surface area (Å²) in [6, 6.07) is -0.279. The molecule has 1 fully saturated rings. The minimum Gasteiger partial charge on any atom is -0.322 e. The van der Waals surface area contributed by atoms with E-state index in [0.29, 0.717) is 12.8 Å². The van der Waals surface area contributed by atoms with Crippen LogP contribution in [0.3, 0.4) is 0 Å². The fourth-order valence-corrected chi connectivity index (χ4v) is 2.65. The summed E-state index contributed by atoms with van der Waals surface area (Å²) in [4.78, 5) is 0. The fraction of sp³-hybridized carbons (Fsp3) is 0.818. The molecule has 1 aliphatic rings. The van der Waals surface area contributed by atoms with Crippen LogP contribution in [0.2, 0.25) is 0 Å². The predicted molar refractivity (Wildman–Crippen MR) is 59.4 cm³/mol. The van der Waals surface area contributed by atoms with Gasteiger partial charge in [-0.15, -0.1) is 5.10 Å². The van der Waals surface area contributed by atoms with Gasteiger partial charge in [0.15, 0.2) is 0 Å². The Hall–Kier alpha value is -1.11. The monoisotopic (exact) mass is 262 g/mol. The number of rotatable bonds is 2. The van der Waals surface area contributed by atoms with Gasteiger partial charge in [-0.2, -0.15) is 13.2 Å². The summed E-state index contributed by atoms with van der Waals surface area (Å²) in [5.41, 5.74) is 6.87. The van der Waals surface area contributed by atoms with E-state index in [-0.39, 0.29) is 24.8 Å². The van der Waals surface area contributed by atoms with Crippen LogP contribution in [-0.2, 0) is 7.05 Å². The molecule has 102 valence electrons. The molecule has 0 bridgehead atoms. The lowest BCUT2D eigenvalue weighted by atomic mass is 9.78. The number of hydrogen-bond donors (Lipinski definition) is 1. The van der Waals surface area contributed by atoms with Crippen LogP contribution < -0.4 is 5.73 Å². The Morgan fingerprint density at radius 2 is 1.94 bits per heavy atom. The average Bonchev–Trinajstić information content (AvgIpc) is 2.73. The van der Waals surface area contributed by atoms with E-state index in [9.17, 15) is 13.2 Å². The first-order chi connectivity index (χ1) is 8.39. The summed E-state index contributed by atoms with van der Waals surface area (Å²) < 4.78 is 39.2. The highest BCUT2D eigenvalue weighted by atomic mass is 19.4. The maximum atomic E-state index is 12.6. The molecule has 1 aromatic rings. The van der Waals surface area contributed by atoms with Gasteiger partial charge in [-0.3, -0.25) is 4.68 Å². The zero-order valence-electron chi connectivity index (χ0n) is 10.2. The molecule has 2 N–H and O–H groups in total. The summed E-state index contributed by atoms with van der Waals surface area (Å²) in [5, 5.41) is 7.54. The van der Waals surface area contributed by atoms with Gasteiger partial charge in [-0.25, -0.2) is 0 Å². The first kappa shape index (κ1) is 13.3. The van der Waals surface area contributed by atoms with Crippen LogP contribution in [0.4, 0.5) is 13.2 Å². The Morgan fingerprint density at radius 1 is 1.33 bits per heavy atom. The molecule has 1 atom stereocenters. The normalized spacial score (nSPS) is 27.2. The molecule has 1 aromatic heterocycles. The molecule has 1 saturated carbocycles. The number of aryl methyl sites for hydroxylation is 1. The molecule has 0 spiro atoms. The summed E-state index contributed by atoms with van der Waals surface area (Å²) in [7, 11) is 1.74. The molecular formula is C11H17F3N4. The Bertz CT molecular complexity index is 393. The van der Waals surface area contributed by atoms with Crippen molar-refractivity contribution in [2.45, 2.75) is 37.9 Å². The molecule has 0 radical (unpaired) electrons. The summed E-state index contributed by atoms with van der Waals surface area (Å²) in [6.07, 6.45) is -1.11. The maximum Gasteiger partial charge on any atom is 0.391 e. The van der Waals surface area contributed by atoms with E-state index in [1.54, 1.807) is 17.9 Å². The van der Waals surface area contributed by atoms with Crippen molar-refractivity contribution in [2.75, 3.05) is 0 Å². The SMILES string of the molecule is Cn1nncc1C(N)C1CCC(C(F)(F)F)CC1. The lowest BCUT2D eigenvalue weighted by Crippen LogP contribution is -2.32. The molecule has 1 aliphatic carbocycles. The van der Waals surface area contributed by atoms with Crippen molar-refractivity contribution in [2.24, 2.45) is 24.6 Å². The third kappa shape index (κ3) is 2.66. The molecule has 4 nitrogen and oxygen atoms in total. The van der Waals surface area contributed by atoms with E-state index in [0.717, 1.165) is 5.69 Å². The Kier molecular flexibility index (Phi) is 3.61. The lowest BCUT2D eigenvalue weighted by Gasteiger charge is -2.32. The number of nitrogens with two attached hydrogens (primary N) is 1. The Balaban J connectivity index is 1.96. The number of nitrogens with zero attached hydrogens (tertiary/aromatic N) is 3. The van der Waals surface area contributed by atoms with Crippen LogP contribution in [0.1, 0.15) is 37.4 Å². The van der Waals surface area contributed by atoms with E-state index < -0.39 is 12.1 Å². The second-order valence-corrected chi connectivity index (χ2v) is 4.96. The van der Waals surface area contributed by atoms with E-state index >= 15 is 0 Å². The zero-order chi connectivity index (χ0) is 13.3. The molecule has 0 aromatic carbocycles. The highest BCUT2D eigenvalue weighted by Crippen LogP contribution is 2.42. The van der Waals surface area contributed by atoms with Crippen LogP contribution in [0.25, 0.3) is 0 Å². The van der Waals surface area contributed by atoms with Gasteiger partial charge in [0.25, 0.3) is 0 Å². The average molecular weight is 262 g/mol. The van der Waals surface area contributed by atoms with Gasteiger partial charge in [0.2, 0.25) is 0 Å². The summed E-state index contributed by atoms with van der Waals surface area (Å²) in [5.74, 6) is -1.08. The van der Waals surface area contributed by atoms with Crippen molar-refractivity contribution in [1.82, 2.24) is 15.0 Å². The highest BCUT2D eigenvalue weighted by molar-refractivity contribution is 5.03. The van der Waals surface area contributed by atoms with E-state index in [1.165, 1.54) is 0 Å². The van der Waals surface area contributed by atoms with Gasteiger partial charge in [-0.05, 0) is 31.6 Å². The van der Waals surface area contributed by atoms with Gasteiger partial charge in [0.05, 0.1) is 23.9 Å². The molecule has 1 unspecified atom stereocenters. The van der Waals surface area contributed by atoms with Crippen molar-refractivity contribution >= 4 is 0 Å². The standard InChI is InChI=1S/C11H17F3N4/c1-18-9(6-16-17-18)10(15)7-2-4-8(5-3-7)11(12,13)14/h6-8,10H,2-5,15H2,1H3. The minimum atomic E-state index is -4.07. The molecule has 7 heteroatoms. The van der Waals surface area contributed by atoms with Crippen LogP contribution in [0.5, 0.6) is 0 Å². The topological polar surface area (TPSA) is 56.7 Å². The summed E-state index contributed by atoms with van der Waals surface area (Å²) >= 11 is 0. The zero-order valence-corrected chi connectivity index (χ0v) is 10.2. The van der Waals surface area contributed by atoms with Crippen LogP contribution in [-0.4, -0.2) is 21.2 Å². The molecular weight excluding hydrogens is 245 g/mol. The van der Waals surface area contributed by atoms with Crippen molar-refractivity contribution in [3.05, 3.63) is 11.9 Å². The second-order valence-electron chi connectivity index (χ2n) is 4.96. The van der Waals surface area contributed by atoms with E-state index in [4.69, 9.17) is 5.73 Å². The Morgan fingerprint density at radius 3 is 2.39 bits per heavy atom. The Labute approximate surface area is 103 Å². The van der Waals surface area contributed by atoms with Gasteiger partial charge >= 0.3 is 6.18 Å². The molecule has 18 heavy (non-hydrogen) atoms. The fourth-order valence-electron chi connectivity index (χ4n) is 2.65. The largest absolute Gasteiger partial charge is 0.391 e. The quantitative estimate of drug-likeness (QED) is 0.888. The molecule has 2 rings (SSSR count). The minimum absolute atomic E-state index is 0.0841. The van der Waals surface area contributed by atoms with Crippen molar-refractivity contribution in [3.8, 4) is 0 Å². The van der Waals surface area contributed by atoms with Gasteiger partial charge in [0.1, 0.15) is 0 Å².